The zero-order valence-electron chi connectivity index (χ0n) is 5.88. The van der Waals surface area contributed by atoms with Crippen LogP contribution in [0.25, 0.3) is 0 Å². The predicted octanol–water partition coefficient (Wildman–Crippen LogP) is 0.0322. The molecule has 3 heteroatoms. The van der Waals surface area contributed by atoms with Gasteiger partial charge in [0.25, 0.3) is 5.56 Å². The van der Waals surface area contributed by atoms with E-state index in [0.717, 1.165) is 5.69 Å². The van der Waals surface area contributed by atoms with Gasteiger partial charge >= 0.3 is 0 Å². The lowest BCUT2D eigenvalue weighted by molar-refractivity contribution is 0.567. The molecule has 0 aromatic carbocycles. The molecule has 1 rings (SSSR count). The van der Waals surface area contributed by atoms with Crippen molar-refractivity contribution >= 4 is 0 Å². The monoisotopic (exact) mass is 126 g/mol. The van der Waals surface area contributed by atoms with E-state index in [1.165, 1.54) is 0 Å². The molecule has 0 fully saturated rings. The highest BCUT2D eigenvalue weighted by atomic mass is 16.1. The molecular formula is C6H10N2O. The molecule has 0 unspecified atom stereocenters. The van der Waals surface area contributed by atoms with Gasteiger partial charge in [-0.3, -0.25) is 14.2 Å². The number of rotatable bonds is 0. The van der Waals surface area contributed by atoms with Gasteiger partial charge in [0.2, 0.25) is 0 Å². The van der Waals surface area contributed by atoms with Crippen molar-refractivity contribution in [2.24, 2.45) is 14.1 Å². The minimum Gasteiger partial charge on any atom is -0.290 e. The van der Waals surface area contributed by atoms with Crippen LogP contribution >= 0.6 is 0 Å². The summed E-state index contributed by atoms with van der Waals surface area (Å²) in [5.41, 5.74) is 1.04. The van der Waals surface area contributed by atoms with Crippen LogP contribution in [-0.2, 0) is 14.1 Å². The van der Waals surface area contributed by atoms with Crippen molar-refractivity contribution < 1.29 is 0 Å². The third-order valence-corrected chi connectivity index (χ3v) is 1.61. The zero-order chi connectivity index (χ0) is 7.02. The van der Waals surface area contributed by atoms with Gasteiger partial charge in [0.05, 0.1) is 0 Å². The second-order valence-corrected chi connectivity index (χ2v) is 2.17. The fourth-order valence-corrected chi connectivity index (χ4v) is 0.750. The highest BCUT2D eigenvalue weighted by Gasteiger charge is 1.96. The van der Waals surface area contributed by atoms with Crippen molar-refractivity contribution in [1.82, 2.24) is 9.36 Å². The molecule has 0 spiro atoms. The molecule has 0 N–H and O–H groups in total. The van der Waals surface area contributed by atoms with E-state index in [0.29, 0.717) is 0 Å². The minimum atomic E-state index is 0.0509. The van der Waals surface area contributed by atoms with E-state index in [-0.39, 0.29) is 5.56 Å². The topological polar surface area (TPSA) is 26.9 Å². The van der Waals surface area contributed by atoms with Crippen LogP contribution in [0.1, 0.15) is 5.69 Å². The second kappa shape index (κ2) is 1.76. The Balaban J connectivity index is 3.47. The maximum Gasteiger partial charge on any atom is 0.266 e. The zero-order valence-corrected chi connectivity index (χ0v) is 5.88. The Morgan fingerprint density at radius 2 is 1.89 bits per heavy atom. The minimum absolute atomic E-state index is 0.0509. The molecule has 0 amide bonds. The Kier molecular flexibility index (Phi) is 1.20. The first-order valence-electron chi connectivity index (χ1n) is 2.82. The molecule has 0 aliphatic carbocycles. The first-order chi connectivity index (χ1) is 4.13. The summed E-state index contributed by atoms with van der Waals surface area (Å²) in [6.07, 6.45) is 0. The third kappa shape index (κ3) is 0.781. The first kappa shape index (κ1) is 6.13. The first-order valence-corrected chi connectivity index (χ1v) is 2.82. The van der Waals surface area contributed by atoms with Crippen LogP contribution < -0.4 is 5.56 Å². The summed E-state index contributed by atoms with van der Waals surface area (Å²) in [6.45, 7) is 1.90. The Morgan fingerprint density at radius 1 is 1.33 bits per heavy atom. The molecule has 0 bridgehead atoms. The SMILES string of the molecule is Cc1cc(=O)n(C)n1C. The van der Waals surface area contributed by atoms with Crippen LogP contribution in [0.5, 0.6) is 0 Å². The number of nitrogens with zero attached hydrogens (tertiary/aromatic N) is 2. The van der Waals surface area contributed by atoms with Crippen LogP contribution in [0.4, 0.5) is 0 Å². The number of aromatic nitrogens is 2. The highest BCUT2D eigenvalue weighted by Crippen LogP contribution is 1.87. The summed E-state index contributed by atoms with van der Waals surface area (Å²) in [5, 5.41) is 0. The van der Waals surface area contributed by atoms with Crippen LogP contribution in [0, 0.1) is 6.92 Å². The molecule has 1 heterocycles. The number of hydrogen-bond donors (Lipinski definition) is 0. The van der Waals surface area contributed by atoms with Gasteiger partial charge in [-0.25, -0.2) is 0 Å². The Bertz CT molecular complexity index is 269. The van der Waals surface area contributed by atoms with E-state index in [4.69, 9.17) is 0 Å². The second-order valence-electron chi connectivity index (χ2n) is 2.17. The molecule has 1 aromatic rings. The molecule has 0 atom stereocenters. The molecule has 0 saturated heterocycles. The lowest BCUT2D eigenvalue weighted by atomic mass is 10.5. The average Bonchev–Trinajstić information content (AvgIpc) is 1.98. The molecule has 9 heavy (non-hydrogen) atoms. The summed E-state index contributed by atoms with van der Waals surface area (Å²) < 4.78 is 3.37. The standard InChI is InChI=1S/C6H10N2O/c1-5-4-6(9)8(3)7(5)2/h4H,1-3H3. The number of aryl methyl sites for hydroxylation is 1. The van der Waals surface area contributed by atoms with E-state index in [9.17, 15) is 4.79 Å². The van der Waals surface area contributed by atoms with E-state index < -0.39 is 0 Å². The van der Waals surface area contributed by atoms with Gasteiger partial charge in [0.1, 0.15) is 0 Å². The lowest BCUT2D eigenvalue weighted by Crippen LogP contribution is -2.16. The summed E-state index contributed by atoms with van der Waals surface area (Å²) >= 11 is 0. The quantitative estimate of drug-likeness (QED) is 0.482. The predicted molar refractivity (Wildman–Crippen MR) is 35.4 cm³/mol. The van der Waals surface area contributed by atoms with Crippen molar-refractivity contribution in [3.63, 3.8) is 0 Å². The van der Waals surface area contributed by atoms with Gasteiger partial charge in [-0.2, -0.15) is 0 Å². The Hall–Kier alpha value is -0.990. The molecule has 0 saturated carbocycles. The van der Waals surface area contributed by atoms with Crippen LogP contribution in [0.3, 0.4) is 0 Å². The van der Waals surface area contributed by atoms with Gasteiger partial charge in [0, 0.05) is 25.9 Å². The van der Waals surface area contributed by atoms with Crippen LogP contribution in [-0.4, -0.2) is 9.36 Å². The molecule has 0 aliphatic rings. The Morgan fingerprint density at radius 3 is 2.00 bits per heavy atom. The summed E-state index contributed by atoms with van der Waals surface area (Å²) in [6, 6.07) is 1.61. The van der Waals surface area contributed by atoms with Gasteiger partial charge in [-0.05, 0) is 6.92 Å². The Labute approximate surface area is 53.5 Å². The largest absolute Gasteiger partial charge is 0.290 e. The van der Waals surface area contributed by atoms with E-state index in [2.05, 4.69) is 0 Å². The third-order valence-electron chi connectivity index (χ3n) is 1.61. The van der Waals surface area contributed by atoms with E-state index in [1.807, 2.05) is 18.7 Å². The summed E-state index contributed by atoms with van der Waals surface area (Å²) in [7, 11) is 3.60. The fraction of sp³-hybridized carbons (Fsp3) is 0.500. The molecule has 0 aliphatic heterocycles. The smallest absolute Gasteiger partial charge is 0.266 e. The molecule has 0 radical (unpaired) electrons. The van der Waals surface area contributed by atoms with E-state index in [1.54, 1.807) is 17.8 Å². The summed E-state index contributed by atoms with van der Waals surface area (Å²) in [4.78, 5) is 10.8. The average molecular weight is 126 g/mol. The normalized spacial score (nSPS) is 10.1. The van der Waals surface area contributed by atoms with Crippen molar-refractivity contribution in [1.29, 1.82) is 0 Å². The maximum absolute atomic E-state index is 10.8. The fourth-order valence-electron chi connectivity index (χ4n) is 0.750. The van der Waals surface area contributed by atoms with Gasteiger partial charge in [0.15, 0.2) is 0 Å². The van der Waals surface area contributed by atoms with Gasteiger partial charge < -0.3 is 0 Å². The highest BCUT2D eigenvalue weighted by molar-refractivity contribution is 4.97. The maximum atomic E-state index is 10.8. The van der Waals surface area contributed by atoms with E-state index >= 15 is 0 Å². The van der Waals surface area contributed by atoms with Crippen molar-refractivity contribution in [2.75, 3.05) is 0 Å². The number of hydrogen-bond acceptors (Lipinski definition) is 1. The van der Waals surface area contributed by atoms with Crippen molar-refractivity contribution in [3.8, 4) is 0 Å². The molecule has 3 nitrogen and oxygen atoms in total. The molecule has 50 valence electrons. The van der Waals surface area contributed by atoms with Crippen LogP contribution in [0.15, 0.2) is 10.9 Å². The molecular weight excluding hydrogens is 116 g/mol. The lowest BCUT2D eigenvalue weighted by Gasteiger charge is -1.99. The molecule has 1 aromatic heterocycles. The summed E-state index contributed by atoms with van der Waals surface area (Å²) in [5.74, 6) is 0. The van der Waals surface area contributed by atoms with Gasteiger partial charge in [-0.15, -0.1) is 0 Å². The van der Waals surface area contributed by atoms with Crippen molar-refractivity contribution in [2.45, 2.75) is 6.92 Å². The van der Waals surface area contributed by atoms with Crippen molar-refractivity contribution in [3.05, 3.63) is 22.1 Å². The van der Waals surface area contributed by atoms with Crippen LogP contribution in [0.2, 0.25) is 0 Å². The van der Waals surface area contributed by atoms with Gasteiger partial charge in [-0.1, -0.05) is 0 Å².